The van der Waals surface area contributed by atoms with E-state index < -0.39 is 24.0 Å². The molecule has 0 N–H and O–H groups in total. The van der Waals surface area contributed by atoms with Gasteiger partial charge in [0.05, 0.1) is 17.4 Å². The molecule has 24 heavy (non-hydrogen) atoms. The molecule has 3 rings (SSSR count). The van der Waals surface area contributed by atoms with Crippen molar-refractivity contribution in [2.24, 2.45) is 5.92 Å². The van der Waals surface area contributed by atoms with Crippen molar-refractivity contribution in [3.05, 3.63) is 23.7 Å². The maximum atomic E-state index is 14.5. The molecule has 0 spiro atoms. The summed E-state index contributed by atoms with van der Waals surface area (Å²) in [6.07, 6.45) is 11.6. The third kappa shape index (κ3) is 3.75. The van der Waals surface area contributed by atoms with Crippen molar-refractivity contribution >= 4 is 13.2 Å². The number of aromatic nitrogens is 2. The fourth-order valence-corrected chi connectivity index (χ4v) is 3.37. The highest BCUT2D eigenvalue weighted by Gasteiger charge is 2.53. The van der Waals surface area contributed by atoms with E-state index in [0.717, 1.165) is 12.1 Å². The summed E-state index contributed by atoms with van der Waals surface area (Å²) in [7, 11) is -0.948. The third-order valence-electron chi connectivity index (χ3n) is 5.61. The van der Waals surface area contributed by atoms with Crippen LogP contribution in [0.2, 0.25) is 0 Å². The molecule has 1 aliphatic carbocycles. The number of hydrogen-bond acceptors (Lipinski definition) is 3. The highest BCUT2D eigenvalue weighted by atomic mass is 19.1. The van der Waals surface area contributed by atoms with Gasteiger partial charge >= 0.3 is 7.12 Å². The minimum Gasteiger partial charge on any atom is -0.398 e. The van der Waals surface area contributed by atoms with Gasteiger partial charge in [-0.05, 0) is 52.5 Å². The molecule has 0 unspecified atom stereocenters. The molecular formula is C18H28BFN2O2. The molecule has 2 heterocycles. The lowest BCUT2D eigenvalue weighted by molar-refractivity contribution is 0.00578. The maximum absolute atomic E-state index is 14.5. The van der Waals surface area contributed by atoms with Gasteiger partial charge in [-0.2, -0.15) is 5.10 Å². The predicted molar refractivity (Wildman–Crippen MR) is 94.0 cm³/mol. The van der Waals surface area contributed by atoms with Crippen molar-refractivity contribution < 1.29 is 13.7 Å². The first-order chi connectivity index (χ1) is 11.3. The summed E-state index contributed by atoms with van der Waals surface area (Å²) in [6, 6.07) is 0. The van der Waals surface area contributed by atoms with E-state index in [4.69, 9.17) is 9.31 Å². The number of hydrogen-bond donors (Lipinski definition) is 0. The summed E-state index contributed by atoms with van der Waals surface area (Å²) < 4.78 is 27.9. The second-order valence-electron chi connectivity index (χ2n) is 8.12. The van der Waals surface area contributed by atoms with E-state index in [-0.39, 0.29) is 0 Å². The molecule has 6 heteroatoms. The Balaban J connectivity index is 1.64. The highest BCUT2D eigenvalue weighted by molar-refractivity contribution is 6.54. The lowest BCUT2D eigenvalue weighted by Gasteiger charge is -2.32. The van der Waals surface area contributed by atoms with Crippen LogP contribution in [-0.4, -0.2) is 28.1 Å². The van der Waals surface area contributed by atoms with Crippen LogP contribution < -0.4 is 0 Å². The van der Waals surface area contributed by atoms with E-state index >= 15 is 0 Å². The van der Waals surface area contributed by atoms with E-state index in [1.807, 2.05) is 38.6 Å². The molecule has 0 aromatic carbocycles. The molecule has 132 valence electrons. The van der Waals surface area contributed by atoms with Gasteiger partial charge in [-0.3, -0.25) is 4.68 Å². The first kappa shape index (κ1) is 17.7. The molecule has 0 bridgehead atoms. The zero-order valence-electron chi connectivity index (χ0n) is 15.2. The van der Waals surface area contributed by atoms with Gasteiger partial charge in [-0.1, -0.05) is 19.3 Å². The van der Waals surface area contributed by atoms with Crippen LogP contribution in [-0.2, 0) is 15.9 Å². The molecule has 0 radical (unpaired) electrons. The Hall–Kier alpha value is -1.14. The lowest BCUT2D eigenvalue weighted by Crippen LogP contribution is -2.41. The molecule has 1 saturated carbocycles. The summed E-state index contributed by atoms with van der Waals surface area (Å²) in [5, 5.41) is 4.37. The van der Waals surface area contributed by atoms with Gasteiger partial charge in [0.1, 0.15) is 5.73 Å². The summed E-state index contributed by atoms with van der Waals surface area (Å²) >= 11 is 0. The average molecular weight is 334 g/mol. The second kappa shape index (κ2) is 6.64. The Kier molecular flexibility index (Phi) is 4.89. The Morgan fingerprint density at radius 2 is 1.88 bits per heavy atom. The number of halogens is 1. The Bertz CT molecular complexity index is 590. The smallest absolute Gasteiger partial charge is 0.398 e. The highest BCUT2D eigenvalue weighted by Crippen LogP contribution is 2.39. The van der Waals surface area contributed by atoms with Crippen molar-refractivity contribution in [2.45, 2.75) is 77.5 Å². The number of nitrogens with zero attached hydrogens (tertiary/aromatic N) is 2. The van der Waals surface area contributed by atoms with Crippen LogP contribution in [0, 0.1) is 5.92 Å². The molecule has 1 aromatic rings. The average Bonchev–Trinajstić information content (AvgIpc) is 3.02. The minimum absolute atomic E-state index is 0.411. The fourth-order valence-electron chi connectivity index (χ4n) is 3.37. The summed E-state index contributed by atoms with van der Waals surface area (Å²) in [4.78, 5) is 0. The van der Waals surface area contributed by atoms with Crippen LogP contribution in [0.1, 0.15) is 65.4 Å². The van der Waals surface area contributed by atoms with Crippen LogP contribution in [0.15, 0.2) is 18.1 Å². The van der Waals surface area contributed by atoms with Crippen molar-refractivity contribution in [1.29, 1.82) is 0 Å². The van der Waals surface area contributed by atoms with E-state index in [9.17, 15) is 4.39 Å². The van der Waals surface area contributed by atoms with Gasteiger partial charge in [0.25, 0.3) is 0 Å². The molecule has 0 amide bonds. The summed E-state index contributed by atoms with van der Waals surface area (Å²) in [6.45, 7) is 8.60. The van der Waals surface area contributed by atoms with Crippen LogP contribution in [0.5, 0.6) is 0 Å². The number of rotatable bonds is 4. The van der Waals surface area contributed by atoms with Gasteiger partial charge < -0.3 is 9.31 Å². The van der Waals surface area contributed by atoms with E-state index in [1.54, 1.807) is 6.20 Å². The summed E-state index contributed by atoms with van der Waals surface area (Å²) in [5.74, 6) is 0.698. The zero-order chi connectivity index (χ0) is 17.4. The largest absolute Gasteiger partial charge is 0.525 e. The normalized spacial score (nSPS) is 24.5. The standard InChI is InChI=1S/C18H28BFN2O2/c1-17(2)18(3,4)24-19(23-17)16(20)10-15-11-21-22(13-15)12-14-8-6-5-7-9-14/h10-11,13-14H,5-9,12H2,1-4H3. The molecule has 2 aliphatic rings. The monoisotopic (exact) mass is 334 g/mol. The molecule has 4 nitrogen and oxygen atoms in total. The second-order valence-corrected chi connectivity index (χ2v) is 8.12. The predicted octanol–water partition coefficient (Wildman–Crippen LogP) is 4.41. The Morgan fingerprint density at radius 3 is 2.50 bits per heavy atom. The van der Waals surface area contributed by atoms with Crippen molar-refractivity contribution in [2.75, 3.05) is 0 Å². The molecule has 2 fully saturated rings. The van der Waals surface area contributed by atoms with Crippen molar-refractivity contribution in [3.8, 4) is 0 Å². The van der Waals surface area contributed by atoms with Gasteiger partial charge in [-0.15, -0.1) is 0 Å². The molecular weight excluding hydrogens is 306 g/mol. The molecule has 0 atom stereocenters. The minimum atomic E-state index is -0.948. The topological polar surface area (TPSA) is 36.3 Å². The van der Waals surface area contributed by atoms with Crippen LogP contribution in [0.25, 0.3) is 6.08 Å². The van der Waals surface area contributed by atoms with Gasteiger partial charge in [0.15, 0.2) is 0 Å². The van der Waals surface area contributed by atoms with Gasteiger partial charge in [-0.25, -0.2) is 4.39 Å². The van der Waals surface area contributed by atoms with E-state index in [1.165, 1.54) is 38.2 Å². The summed E-state index contributed by atoms with van der Waals surface area (Å²) in [5.41, 5.74) is -0.731. The Morgan fingerprint density at radius 1 is 1.25 bits per heavy atom. The lowest BCUT2D eigenvalue weighted by atomic mass is 9.87. The van der Waals surface area contributed by atoms with Crippen molar-refractivity contribution in [3.63, 3.8) is 0 Å². The van der Waals surface area contributed by atoms with Crippen molar-refractivity contribution in [1.82, 2.24) is 9.78 Å². The van der Waals surface area contributed by atoms with E-state index in [2.05, 4.69) is 5.10 Å². The van der Waals surface area contributed by atoms with Crippen LogP contribution in [0.3, 0.4) is 0 Å². The van der Waals surface area contributed by atoms with Gasteiger partial charge in [0.2, 0.25) is 0 Å². The molecule has 1 aromatic heterocycles. The SMILES string of the molecule is CC1(C)OB(C(F)=Cc2cnn(CC3CCCCC3)c2)OC1(C)C. The molecule has 1 aliphatic heterocycles. The molecule has 1 saturated heterocycles. The fraction of sp³-hybridized carbons (Fsp3) is 0.722. The first-order valence-electron chi connectivity index (χ1n) is 9.02. The Labute approximate surface area is 144 Å². The van der Waals surface area contributed by atoms with Crippen LogP contribution >= 0.6 is 0 Å². The van der Waals surface area contributed by atoms with E-state index in [0.29, 0.717) is 5.92 Å². The zero-order valence-corrected chi connectivity index (χ0v) is 15.2. The first-order valence-corrected chi connectivity index (χ1v) is 9.02. The third-order valence-corrected chi connectivity index (χ3v) is 5.61. The van der Waals surface area contributed by atoms with Crippen LogP contribution in [0.4, 0.5) is 4.39 Å². The quantitative estimate of drug-likeness (QED) is 0.766. The van der Waals surface area contributed by atoms with Gasteiger partial charge in [0, 0.05) is 18.3 Å². The maximum Gasteiger partial charge on any atom is 0.525 e.